The molecule has 1 amide bonds. The number of methoxy groups -OCH3 is 1. The quantitative estimate of drug-likeness (QED) is 0.668. The summed E-state index contributed by atoms with van der Waals surface area (Å²) in [6.07, 6.45) is 0. The Morgan fingerprint density at radius 2 is 1.39 bits per heavy atom. The highest BCUT2D eigenvalue weighted by Crippen LogP contribution is 2.10. The lowest BCUT2D eigenvalue weighted by molar-refractivity contribution is -0.137. The lowest BCUT2D eigenvalue weighted by Gasteiger charge is -2.23. The molecule has 0 unspecified atom stereocenters. The first kappa shape index (κ1) is 17.2. The third-order valence-corrected chi connectivity index (χ3v) is 3.44. The van der Waals surface area contributed by atoms with Crippen molar-refractivity contribution in [3.8, 4) is 0 Å². The second-order valence-corrected chi connectivity index (χ2v) is 5.27. The maximum Gasteiger partial charge on any atom is 0.249 e. The minimum atomic E-state index is -0.0196. The van der Waals surface area contributed by atoms with Gasteiger partial charge in [-0.25, -0.2) is 0 Å². The lowest BCUT2D eigenvalue weighted by Crippen LogP contribution is -2.33. The topological polar surface area (TPSA) is 38.8 Å². The van der Waals surface area contributed by atoms with Gasteiger partial charge >= 0.3 is 0 Å². The number of nitrogens with zero attached hydrogens (tertiary/aromatic N) is 1. The van der Waals surface area contributed by atoms with Crippen LogP contribution in [0.15, 0.2) is 60.7 Å². The third-order valence-electron chi connectivity index (χ3n) is 3.44. The van der Waals surface area contributed by atoms with Crippen molar-refractivity contribution in [1.29, 1.82) is 0 Å². The molecule has 0 atom stereocenters. The smallest absolute Gasteiger partial charge is 0.249 e. The Morgan fingerprint density at radius 1 is 0.870 bits per heavy atom. The summed E-state index contributed by atoms with van der Waals surface area (Å²) in [6.45, 7) is 2.13. The monoisotopic (exact) mass is 313 g/mol. The van der Waals surface area contributed by atoms with E-state index in [-0.39, 0.29) is 12.5 Å². The van der Waals surface area contributed by atoms with Gasteiger partial charge in [0.05, 0.1) is 13.2 Å². The van der Waals surface area contributed by atoms with Crippen LogP contribution in [0.4, 0.5) is 0 Å². The van der Waals surface area contributed by atoms with E-state index in [9.17, 15) is 4.79 Å². The second kappa shape index (κ2) is 9.77. The Morgan fingerprint density at radius 3 is 1.87 bits per heavy atom. The molecule has 0 bridgehead atoms. The van der Waals surface area contributed by atoms with Gasteiger partial charge in [-0.2, -0.15) is 0 Å². The maximum atomic E-state index is 12.5. The van der Waals surface area contributed by atoms with Crippen molar-refractivity contribution in [2.24, 2.45) is 0 Å². The highest BCUT2D eigenvalue weighted by atomic mass is 16.5. The maximum absolute atomic E-state index is 12.5. The molecular formula is C19H23NO3. The number of benzene rings is 2. The Labute approximate surface area is 137 Å². The fraction of sp³-hybridized carbons (Fsp3) is 0.316. The number of hydrogen-bond donors (Lipinski definition) is 0. The van der Waals surface area contributed by atoms with Crippen molar-refractivity contribution in [1.82, 2.24) is 4.90 Å². The van der Waals surface area contributed by atoms with Crippen molar-refractivity contribution in [3.05, 3.63) is 71.8 Å². The van der Waals surface area contributed by atoms with Crippen LogP contribution in [0.1, 0.15) is 11.1 Å². The van der Waals surface area contributed by atoms with Crippen LogP contribution in [0, 0.1) is 0 Å². The predicted molar refractivity (Wildman–Crippen MR) is 89.8 cm³/mol. The number of rotatable bonds is 9. The molecule has 0 spiro atoms. The van der Waals surface area contributed by atoms with Crippen LogP contribution in [0.2, 0.25) is 0 Å². The van der Waals surface area contributed by atoms with Crippen LogP contribution in [-0.4, -0.2) is 37.7 Å². The zero-order chi connectivity index (χ0) is 16.3. The van der Waals surface area contributed by atoms with Crippen molar-refractivity contribution in [2.45, 2.75) is 13.1 Å². The van der Waals surface area contributed by atoms with Crippen LogP contribution < -0.4 is 0 Å². The molecule has 0 saturated heterocycles. The summed E-state index contributed by atoms with van der Waals surface area (Å²) < 4.78 is 10.3. The molecule has 0 radical (unpaired) electrons. The van der Waals surface area contributed by atoms with E-state index >= 15 is 0 Å². The zero-order valence-corrected chi connectivity index (χ0v) is 13.5. The Bertz CT molecular complexity index is 530. The average molecular weight is 313 g/mol. The molecule has 0 aliphatic carbocycles. The van der Waals surface area contributed by atoms with E-state index in [0.29, 0.717) is 26.3 Å². The normalized spacial score (nSPS) is 10.5. The fourth-order valence-corrected chi connectivity index (χ4v) is 2.23. The molecule has 0 aliphatic heterocycles. The van der Waals surface area contributed by atoms with Crippen LogP contribution in [0.25, 0.3) is 0 Å². The molecular weight excluding hydrogens is 290 g/mol. The number of carbonyl (C=O) groups excluding carboxylic acids is 1. The van der Waals surface area contributed by atoms with Crippen molar-refractivity contribution < 1.29 is 14.3 Å². The van der Waals surface area contributed by atoms with Crippen LogP contribution >= 0.6 is 0 Å². The van der Waals surface area contributed by atoms with Gasteiger partial charge in [-0.05, 0) is 11.1 Å². The molecule has 0 saturated carbocycles. The summed E-state index contributed by atoms with van der Waals surface area (Å²) in [7, 11) is 1.61. The molecule has 23 heavy (non-hydrogen) atoms. The van der Waals surface area contributed by atoms with E-state index in [1.165, 1.54) is 0 Å². The number of carbonyl (C=O) groups is 1. The van der Waals surface area contributed by atoms with Gasteiger partial charge in [-0.3, -0.25) is 4.79 Å². The molecule has 0 heterocycles. The van der Waals surface area contributed by atoms with E-state index in [0.717, 1.165) is 11.1 Å². The molecule has 0 fully saturated rings. The summed E-state index contributed by atoms with van der Waals surface area (Å²) in [5, 5.41) is 0. The first-order chi connectivity index (χ1) is 11.3. The summed E-state index contributed by atoms with van der Waals surface area (Å²) >= 11 is 0. The molecule has 2 aromatic rings. The van der Waals surface area contributed by atoms with Crippen LogP contribution in [0.5, 0.6) is 0 Å². The Balaban J connectivity index is 2.00. The molecule has 0 N–H and O–H groups in total. The molecule has 2 aromatic carbocycles. The van der Waals surface area contributed by atoms with E-state index in [1.54, 1.807) is 7.11 Å². The van der Waals surface area contributed by atoms with E-state index < -0.39 is 0 Å². The summed E-state index contributed by atoms with van der Waals surface area (Å²) in [5.74, 6) is -0.0196. The van der Waals surface area contributed by atoms with Gasteiger partial charge in [0.2, 0.25) is 5.91 Å². The predicted octanol–water partition coefficient (Wildman–Crippen LogP) is 2.88. The van der Waals surface area contributed by atoms with Gasteiger partial charge in [-0.15, -0.1) is 0 Å². The van der Waals surface area contributed by atoms with Crippen molar-refractivity contribution >= 4 is 5.91 Å². The van der Waals surface area contributed by atoms with Gasteiger partial charge in [0.15, 0.2) is 0 Å². The molecule has 0 aliphatic rings. The first-order valence-electron chi connectivity index (χ1n) is 7.72. The van der Waals surface area contributed by atoms with Gasteiger partial charge in [0, 0.05) is 20.2 Å². The Hall–Kier alpha value is -2.17. The molecule has 122 valence electrons. The summed E-state index contributed by atoms with van der Waals surface area (Å²) in [4.78, 5) is 14.3. The largest absolute Gasteiger partial charge is 0.382 e. The average Bonchev–Trinajstić information content (AvgIpc) is 2.60. The molecule has 0 aromatic heterocycles. The zero-order valence-electron chi connectivity index (χ0n) is 13.5. The molecule has 4 heteroatoms. The van der Waals surface area contributed by atoms with Crippen molar-refractivity contribution in [3.63, 3.8) is 0 Å². The van der Waals surface area contributed by atoms with E-state index in [4.69, 9.17) is 9.47 Å². The highest BCUT2D eigenvalue weighted by molar-refractivity contribution is 5.77. The number of ether oxygens (including phenoxy) is 2. The molecule has 4 nitrogen and oxygen atoms in total. The number of amides is 1. The van der Waals surface area contributed by atoms with Crippen molar-refractivity contribution in [2.75, 3.05) is 26.9 Å². The molecule has 2 rings (SSSR count). The fourth-order valence-electron chi connectivity index (χ4n) is 2.23. The second-order valence-electron chi connectivity index (χ2n) is 5.27. The first-order valence-corrected chi connectivity index (χ1v) is 7.72. The minimum Gasteiger partial charge on any atom is -0.382 e. The SMILES string of the molecule is COCCOCC(=O)N(Cc1ccccc1)Cc1ccccc1. The summed E-state index contributed by atoms with van der Waals surface area (Å²) in [5.41, 5.74) is 2.21. The van der Waals surface area contributed by atoms with Gasteiger partial charge < -0.3 is 14.4 Å². The number of hydrogen-bond acceptors (Lipinski definition) is 3. The van der Waals surface area contributed by atoms with Crippen LogP contribution in [0.3, 0.4) is 0 Å². The standard InChI is InChI=1S/C19H23NO3/c1-22-12-13-23-16-19(21)20(14-17-8-4-2-5-9-17)15-18-10-6-3-7-11-18/h2-11H,12-16H2,1H3. The lowest BCUT2D eigenvalue weighted by atomic mass is 10.1. The highest BCUT2D eigenvalue weighted by Gasteiger charge is 2.14. The van der Waals surface area contributed by atoms with Crippen LogP contribution in [-0.2, 0) is 27.4 Å². The van der Waals surface area contributed by atoms with Gasteiger partial charge in [0.25, 0.3) is 0 Å². The third kappa shape index (κ3) is 6.22. The Kier molecular flexibility index (Phi) is 7.30. The van der Waals surface area contributed by atoms with Gasteiger partial charge in [0.1, 0.15) is 6.61 Å². The van der Waals surface area contributed by atoms with Gasteiger partial charge in [-0.1, -0.05) is 60.7 Å². The summed E-state index contributed by atoms with van der Waals surface area (Å²) in [6, 6.07) is 20.0. The van der Waals surface area contributed by atoms with E-state index in [1.807, 2.05) is 65.6 Å². The van der Waals surface area contributed by atoms with E-state index in [2.05, 4.69) is 0 Å². The minimum absolute atomic E-state index is 0.0196.